The quantitative estimate of drug-likeness (QED) is 0.300. The fraction of sp³-hybridized carbons (Fsp3) is 0. The Labute approximate surface area is 159 Å². The minimum atomic E-state index is 0.924. The number of hydrogen-bond donors (Lipinski definition) is 0. The van der Waals surface area contributed by atoms with E-state index in [0.29, 0.717) is 0 Å². The van der Waals surface area contributed by atoms with Crippen LogP contribution in [0.25, 0.3) is 53.2 Å². The van der Waals surface area contributed by atoms with Gasteiger partial charge in [0.25, 0.3) is 0 Å². The molecule has 126 valence electrons. The molecule has 0 radical (unpaired) electrons. The molecule has 0 amide bonds. The smallest absolute Gasteiger partial charge is 0.0979 e. The number of fused-ring (bicyclic) bond motifs is 6. The van der Waals surface area contributed by atoms with Crippen molar-refractivity contribution >= 4 is 53.2 Å². The molecule has 0 saturated carbocycles. The Morgan fingerprint density at radius 1 is 0.630 bits per heavy atom. The number of thiophene rings is 1. The van der Waals surface area contributed by atoms with E-state index in [1.54, 1.807) is 0 Å². The zero-order valence-electron chi connectivity index (χ0n) is 14.4. The lowest BCUT2D eigenvalue weighted by Gasteiger charge is -2.07. The van der Waals surface area contributed by atoms with Crippen molar-refractivity contribution in [3.05, 3.63) is 85.1 Å². The molecule has 0 atom stereocenters. The molecule has 0 fully saturated rings. The van der Waals surface area contributed by atoms with Crippen LogP contribution in [0.4, 0.5) is 0 Å². The van der Waals surface area contributed by atoms with Crippen LogP contribution in [0.2, 0.25) is 0 Å². The van der Waals surface area contributed by atoms with Crippen LogP contribution in [0.5, 0.6) is 0 Å². The van der Waals surface area contributed by atoms with Crippen LogP contribution in [0.1, 0.15) is 0 Å². The summed E-state index contributed by atoms with van der Waals surface area (Å²) in [6.45, 7) is 0. The molecule has 6 aromatic rings. The van der Waals surface area contributed by atoms with Crippen LogP contribution < -0.4 is 0 Å². The average Bonchev–Trinajstić information content (AvgIpc) is 3.12. The highest BCUT2D eigenvalue weighted by Crippen LogP contribution is 2.38. The summed E-state index contributed by atoms with van der Waals surface area (Å²) < 4.78 is 2.54. The van der Waals surface area contributed by atoms with Crippen LogP contribution in [-0.4, -0.2) is 9.97 Å². The van der Waals surface area contributed by atoms with Gasteiger partial charge < -0.3 is 0 Å². The van der Waals surface area contributed by atoms with Gasteiger partial charge in [-0.05, 0) is 23.6 Å². The molecule has 0 spiro atoms. The summed E-state index contributed by atoms with van der Waals surface area (Å²) in [6.07, 6.45) is 1.89. The monoisotopic (exact) mass is 362 g/mol. The number of nitrogens with zero attached hydrogens (tertiary/aromatic N) is 2. The minimum Gasteiger partial charge on any atom is -0.254 e. The highest BCUT2D eigenvalue weighted by molar-refractivity contribution is 7.25. The third kappa shape index (κ3) is 2.19. The van der Waals surface area contributed by atoms with Crippen LogP contribution in [0.3, 0.4) is 0 Å². The van der Waals surface area contributed by atoms with Crippen LogP contribution in [0.15, 0.2) is 85.1 Å². The van der Waals surface area contributed by atoms with Crippen molar-refractivity contribution in [1.82, 2.24) is 9.97 Å². The number of rotatable bonds is 1. The van der Waals surface area contributed by atoms with Crippen LogP contribution in [-0.2, 0) is 0 Å². The normalized spacial score (nSPS) is 11.7. The number of aromatic nitrogens is 2. The van der Waals surface area contributed by atoms with Crippen molar-refractivity contribution in [2.45, 2.75) is 0 Å². The molecule has 3 heteroatoms. The molecular formula is C24H14N2S. The average molecular weight is 362 g/mol. The summed E-state index contributed by atoms with van der Waals surface area (Å²) in [6, 6.07) is 27.6. The Bertz CT molecular complexity index is 1480. The van der Waals surface area contributed by atoms with Gasteiger partial charge in [0.15, 0.2) is 0 Å². The summed E-state index contributed by atoms with van der Waals surface area (Å²) in [7, 11) is 0. The lowest BCUT2D eigenvalue weighted by atomic mass is 10.0. The molecule has 0 bridgehead atoms. The van der Waals surface area contributed by atoms with E-state index in [9.17, 15) is 0 Å². The largest absolute Gasteiger partial charge is 0.254 e. The van der Waals surface area contributed by atoms with Crippen molar-refractivity contribution in [1.29, 1.82) is 0 Å². The van der Waals surface area contributed by atoms with E-state index in [2.05, 4.69) is 78.9 Å². The van der Waals surface area contributed by atoms with Crippen molar-refractivity contribution in [2.75, 3.05) is 0 Å². The summed E-state index contributed by atoms with van der Waals surface area (Å²) >= 11 is 1.81. The van der Waals surface area contributed by atoms with Gasteiger partial charge in [0.2, 0.25) is 0 Å². The zero-order chi connectivity index (χ0) is 17.8. The maximum atomic E-state index is 5.05. The van der Waals surface area contributed by atoms with Crippen molar-refractivity contribution in [3.63, 3.8) is 0 Å². The van der Waals surface area contributed by atoms with Crippen LogP contribution in [0, 0.1) is 0 Å². The molecule has 0 aliphatic carbocycles. The van der Waals surface area contributed by atoms with Gasteiger partial charge in [0.1, 0.15) is 0 Å². The molecule has 0 aliphatic heterocycles. The minimum absolute atomic E-state index is 0.924. The van der Waals surface area contributed by atoms with Gasteiger partial charge in [-0.2, -0.15) is 0 Å². The first-order valence-electron chi connectivity index (χ1n) is 8.94. The molecule has 3 aromatic heterocycles. The zero-order valence-corrected chi connectivity index (χ0v) is 15.2. The third-order valence-corrected chi connectivity index (χ3v) is 6.25. The third-order valence-electron chi connectivity index (χ3n) is 5.12. The van der Waals surface area contributed by atoms with Crippen molar-refractivity contribution in [3.8, 4) is 11.4 Å². The van der Waals surface area contributed by atoms with E-state index in [-0.39, 0.29) is 0 Å². The van der Waals surface area contributed by atoms with Gasteiger partial charge in [0, 0.05) is 37.1 Å². The molecule has 3 heterocycles. The second-order valence-electron chi connectivity index (χ2n) is 6.69. The number of benzene rings is 3. The first-order chi connectivity index (χ1) is 13.4. The predicted molar refractivity (Wildman–Crippen MR) is 115 cm³/mol. The van der Waals surface area contributed by atoms with Crippen molar-refractivity contribution in [2.24, 2.45) is 0 Å². The summed E-state index contributed by atoms with van der Waals surface area (Å²) in [5.41, 5.74) is 2.91. The highest BCUT2D eigenvalue weighted by Gasteiger charge is 2.13. The van der Waals surface area contributed by atoms with Gasteiger partial charge in [-0.15, -0.1) is 11.3 Å². The number of hydrogen-bond acceptors (Lipinski definition) is 3. The van der Waals surface area contributed by atoms with E-state index in [4.69, 9.17) is 9.97 Å². The van der Waals surface area contributed by atoms with E-state index in [1.165, 1.54) is 30.9 Å². The molecule has 0 saturated heterocycles. The second-order valence-corrected chi connectivity index (χ2v) is 7.77. The second kappa shape index (κ2) is 5.60. The lowest BCUT2D eigenvalue weighted by molar-refractivity contribution is 1.31. The van der Waals surface area contributed by atoms with Gasteiger partial charge >= 0.3 is 0 Å². The molecular weight excluding hydrogens is 348 g/mol. The summed E-state index contributed by atoms with van der Waals surface area (Å²) in [5, 5.41) is 5.99. The molecule has 27 heavy (non-hydrogen) atoms. The Balaban J connectivity index is 1.72. The Kier molecular flexibility index (Phi) is 3.07. The van der Waals surface area contributed by atoms with Gasteiger partial charge in [0.05, 0.1) is 16.9 Å². The van der Waals surface area contributed by atoms with Gasteiger partial charge in [-0.25, -0.2) is 4.98 Å². The predicted octanol–water partition coefficient (Wildman–Crippen LogP) is 6.82. The van der Waals surface area contributed by atoms with Gasteiger partial charge in [-0.1, -0.05) is 60.7 Å². The lowest BCUT2D eigenvalue weighted by Crippen LogP contribution is -1.90. The molecule has 3 aromatic carbocycles. The Morgan fingerprint density at radius 3 is 2.37 bits per heavy atom. The fourth-order valence-electron chi connectivity index (χ4n) is 3.85. The Morgan fingerprint density at radius 2 is 1.41 bits per heavy atom. The SMILES string of the molecule is c1ccc2c(c1)ccc1ccc(-c3nccc4sc5ccccc5c34)nc12. The molecule has 0 N–H and O–H groups in total. The molecule has 6 rings (SSSR count). The van der Waals surface area contributed by atoms with E-state index < -0.39 is 0 Å². The van der Waals surface area contributed by atoms with E-state index in [1.807, 2.05) is 17.5 Å². The van der Waals surface area contributed by atoms with Crippen molar-refractivity contribution < 1.29 is 0 Å². The first kappa shape index (κ1) is 14.8. The topological polar surface area (TPSA) is 25.8 Å². The van der Waals surface area contributed by atoms with E-state index >= 15 is 0 Å². The maximum Gasteiger partial charge on any atom is 0.0979 e. The summed E-state index contributed by atoms with van der Waals surface area (Å²) in [4.78, 5) is 9.78. The van der Waals surface area contributed by atoms with E-state index in [0.717, 1.165) is 22.3 Å². The Hall–Kier alpha value is -3.30. The van der Waals surface area contributed by atoms with Gasteiger partial charge in [-0.3, -0.25) is 4.98 Å². The molecule has 0 aliphatic rings. The molecule has 2 nitrogen and oxygen atoms in total. The first-order valence-corrected chi connectivity index (χ1v) is 9.75. The van der Waals surface area contributed by atoms with Crippen LogP contribution >= 0.6 is 11.3 Å². The number of pyridine rings is 2. The summed E-state index contributed by atoms with van der Waals surface area (Å²) in [5.74, 6) is 0. The molecule has 0 unspecified atom stereocenters. The standard InChI is InChI=1S/C24H14N2S/c1-2-6-17-15(5-1)9-10-16-11-12-19(26-23(16)17)24-22-18-7-3-4-8-20(18)27-21(22)13-14-25-24/h1-14H. The fourth-order valence-corrected chi connectivity index (χ4v) is 4.96. The highest BCUT2D eigenvalue weighted by atomic mass is 32.1. The maximum absolute atomic E-state index is 5.05.